The Balaban J connectivity index is 3.06. The lowest BCUT2D eigenvalue weighted by Gasteiger charge is -2.24. The summed E-state index contributed by atoms with van der Waals surface area (Å²) in [6.07, 6.45) is 0.665. The second kappa shape index (κ2) is 8.23. The van der Waals surface area contributed by atoms with E-state index in [-0.39, 0.29) is 0 Å². The molecule has 120 valence electrons. The first kappa shape index (κ1) is 17.8. The summed E-state index contributed by atoms with van der Waals surface area (Å²) in [6, 6.07) is 4.33. The Morgan fingerprint density at radius 1 is 0.810 bits per heavy atom. The van der Waals surface area contributed by atoms with Gasteiger partial charge in [-0.3, -0.25) is 0 Å². The van der Waals surface area contributed by atoms with Crippen LogP contribution >= 0.6 is 0 Å². The molecule has 21 heavy (non-hydrogen) atoms. The lowest BCUT2D eigenvalue weighted by molar-refractivity contribution is 0.123. The number of aryl methyl sites for hydroxylation is 1. The van der Waals surface area contributed by atoms with Crippen LogP contribution in [0.2, 0.25) is 6.04 Å². The smallest absolute Gasteiger partial charge is 0.497 e. The van der Waals surface area contributed by atoms with Gasteiger partial charge in [0, 0.05) is 39.0 Å². The highest BCUT2D eigenvalue weighted by molar-refractivity contribution is 6.60. The van der Waals surface area contributed by atoms with Gasteiger partial charge in [-0.05, 0) is 12.5 Å². The zero-order valence-electron chi connectivity index (χ0n) is 13.5. The second-order valence-electron chi connectivity index (χ2n) is 4.32. The average Bonchev–Trinajstić information content (AvgIpc) is 2.55. The van der Waals surface area contributed by atoms with Crippen LogP contribution in [0.4, 0.5) is 0 Å². The van der Waals surface area contributed by atoms with Crippen molar-refractivity contribution < 1.29 is 27.5 Å². The number of hydrogen-bond acceptors (Lipinski definition) is 6. The van der Waals surface area contributed by atoms with Crippen molar-refractivity contribution in [1.29, 1.82) is 0 Å². The van der Waals surface area contributed by atoms with Gasteiger partial charge in [-0.25, -0.2) is 0 Å². The molecule has 0 aromatic heterocycles. The van der Waals surface area contributed by atoms with Crippen molar-refractivity contribution in [1.82, 2.24) is 0 Å². The molecule has 0 saturated carbocycles. The Kier molecular flexibility index (Phi) is 6.96. The quantitative estimate of drug-likeness (QED) is 0.651. The number of hydrogen-bond donors (Lipinski definition) is 0. The van der Waals surface area contributed by atoms with E-state index in [0.717, 1.165) is 5.56 Å². The van der Waals surface area contributed by atoms with Gasteiger partial charge in [-0.1, -0.05) is 0 Å². The number of benzene rings is 1. The summed E-state index contributed by atoms with van der Waals surface area (Å²) in [4.78, 5) is 0. The largest absolute Gasteiger partial charge is 0.500 e. The van der Waals surface area contributed by atoms with Crippen LogP contribution < -0.4 is 14.2 Å². The fourth-order valence-electron chi connectivity index (χ4n) is 2.16. The van der Waals surface area contributed by atoms with Crippen LogP contribution in [0.3, 0.4) is 0 Å². The molecule has 1 aromatic carbocycles. The van der Waals surface area contributed by atoms with Gasteiger partial charge < -0.3 is 27.5 Å². The van der Waals surface area contributed by atoms with E-state index in [2.05, 4.69) is 0 Å². The number of ether oxygens (including phenoxy) is 3. The molecule has 1 aromatic rings. The molecule has 0 bridgehead atoms. The van der Waals surface area contributed by atoms with Crippen molar-refractivity contribution in [3.8, 4) is 17.2 Å². The minimum atomic E-state index is -2.63. The second-order valence-corrected chi connectivity index (χ2v) is 7.41. The monoisotopic (exact) mass is 316 g/mol. The zero-order valence-corrected chi connectivity index (χ0v) is 14.5. The van der Waals surface area contributed by atoms with Crippen LogP contribution in [-0.2, 0) is 19.7 Å². The van der Waals surface area contributed by atoms with Gasteiger partial charge in [0.15, 0.2) is 11.5 Å². The molecule has 0 saturated heterocycles. The minimum absolute atomic E-state index is 0.628. The molecular weight excluding hydrogens is 292 g/mol. The molecule has 0 heterocycles. The Hall–Kier alpha value is -1.28. The predicted molar refractivity (Wildman–Crippen MR) is 81.4 cm³/mol. The summed E-state index contributed by atoms with van der Waals surface area (Å²) in [5.74, 6) is 2.03. The van der Waals surface area contributed by atoms with E-state index in [9.17, 15) is 0 Å². The van der Waals surface area contributed by atoms with Gasteiger partial charge >= 0.3 is 8.80 Å². The average molecular weight is 316 g/mol. The van der Waals surface area contributed by atoms with Gasteiger partial charge in [-0.15, -0.1) is 0 Å². The highest BCUT2D eigenvalue weighted by Gasteiger charge is 2.37. The van der Waals surface area contributed by atoms with Gasteiger partial charge in [0.25, 0.3) is 0 Å². The molecule has 7 heteroatoms. The molecule has 0 aliphatic heterocycles. The Labute approximate surface area is 127 Å². The van der Waals surface area contributed by atoms with E-state index >= 15 is 0 Å². The Bertz CT molecular complexity index is 439. The molecule has 0 atom stereocenters. The number of methoxy groups -OCH3 is 3. The lowest BCUT2D eigenvalue weighted by atomic mass is 10.1. The summed E-state index contributed by atoms with van der Waals surface area (Å²) < 4.78 is 32.4. The summed E-state index contributed by atoms with van der Waals surface area (Å²) in [6.45, 7) is 0. The van der Waals surface area contributed by atoms with Crippen LogP contribution in [0, 0.1) is 0 Å². The molecule has 0 spiro atoms. The van der Waals surface area contributed by atoms with Crippen LogP contribution in [0.1, 0.15) is 5.56 Å². The third kappa shape index (κ3) is 4.10. The van der Waals surface area contributed by atoms with Crippen LogP contribution in [0.15, 0.2) is 12.1 Å². The van der Waals surface area contributed by atoms with Gasteiger partial charge in [0.05, 0.1) is 21.3 Å². The molecule has 0 aliphatic carbocycles. The minimum Gasteiger partial charge on any atom is -0.497 e. The Morgan fingerprint density at radius 3 is 1.86 bits per heavy atom. The molecule has 1 rings (SSSR count). The van der Waals surface area contributed by atoms with Crippen molar-refractivity contribution in [3.05, 3.63) is 17.7 Å². The highest BCUT2D eigenvalue weighted by atomic mass is 28.4. The highest BCUT2D eigenvalue weighted by Crippen LogP contribution is 2.37. The Morgan fingerprint density at radius 2 is 1.43 bits per heavy atom. The van der Waals surface area contributed by atoms with E-state index in [0.29, 0.717) is 29.7 Å². The van der Waals surface area contributed by atoms with Crippen LogP contribution in [-0.4, -0.2) is 51.5 Å². The standard InChI is InChI=1S/C14H24O6Si/c1-15-12-9-11(14(17-3)13(10-12)16-2)7-8-21(18-4,19-5)20-6/h9-10H,7-8H2,1-6H3. The molecule has 0 unspecified atom stereocenters. The van der Waals surface area contributed by atoms with Gasteiger partial charge in [-0.2, -0.15) is 0 Å². The molecule has 0 amide bonds. The maximum atomic E-state index is 5.45. The molecule has 0 aliphatic rings. The van der Waals surface area contributed by atoms with Crippen molar-refractivity contribution >= 4 is 8.80 Å². The summed E-state index contributed by atoms with van der Waals surface area (Å²) in [7, 11) is 7.00. The zero-order chi connectivity index (χ0) is 15.9. The third-order valence-electron chi connectivity index (χ3n) is 3.40. The fourth-order valence-corrected chi connectivity index (χ4v) is 3.85. The SMILES string of the molecule is COc1cc(CC[Si](OC)(OC)OC)c(OC)c(OC)c1. The van der Waals surface area contributed by atoms with E-state index in [4.69, 9.17) is 27.5 Å². The molecule has 0 N–H and O–H groups in total. The third-order valence-corrected chi connectivity index (χ3v) is 6.13. The predicted octanol–water partition coefficient (Wildman–Crippen LogP) is 2.13. The maximum absolute atomic E-state index is 5.45. The summed E-state index contributed by atoms with van der Waals surface area (Å²) in [5.41, 5.74) is 0.955. The topological polar surface area (TPSA) is 55.4 Å². The van der Waals surface area contributed by atoms with Crippen molar-refractivity contribution in [3.63, 3.8) is 0 Å². The maximum Gasteiger partial charge on any atom is 0.500 e. The van der Waals surface area contributed by atoms with E-state index in [1.807, 2.05) is 6.07 Å². The number of rotatable bonds is 9. The van der Waals surface area contributed by atoms with E-state index in [1.54, 1.807) is 48.7 Å². The van der Waals surface area contributed by atoms with Crippen LogP contribution in [0.25, 0.3) is 0 Å². The summed E-state index contributed by atoms with van der Waals surface area (Å²) in [5, 5.41) is 0. The lowest BCUT2D eigenvalue weighted by Crippen LogP contribution is -2.43. The van der Waals surface area contributed by atoms with Gasteiger partial charge in [0.1, 0.15) is 5.75 Å². The van der Waals surface area contributed by atoms with Gasteiger partial charge in [0.2, 0.25) is 0 Å². The first-order valence-corrected chi connectivity index (χ1v) is 8.47. The molecule has 0 radical (unpaired) electrons. The molecule has 0 fully saturated rings. The summed E-state index contributed by atoms with van der Waals surface area (Å²) >= 11 is 0. The van der Waals surface area contributed by atoms with Crippen molar-refractivity contribution in [2.45, 2.75) is 12.5 Å². The van der Waals surface area contributed by atoms with E-state index < -0.39 is 8.80 Å². The van der Waals surface area contributed by atoms with E-state index in [1.165, 1.54) is 0 Å². The molecular formula is C14H24O6Si. The molecule has 6 nitrogen and oxygen atoms in total. The first-order valence-electron chi connectivity index (χ1n) is 6.54. The normalized spacial score (nSPS) is 11.3. The van der Waals surface area contributed by atoms with Crippen molar-refractivity contribution in [2.75, 3.05) is 42.7 Å². The first-order chi connectivity index (χ1) is 10.1. The van der Waals surface area contributed by atoms with Crippen LogP contribution in [0.5, 0.6) is 17.2 Å². The fraction of sp³-hybridized carbons (Fsp3) is 0.571. The van der Waals surface area contributed by atoms with Crippen molar-refractivity contribution in [2.24, 2.45) is 0 Å².